The van der Waals surface area contributed by atoms with Gasteiger partial charge in [-0.3, -0.25) is 11.3 Å². The van der Waals surface area contributed by atoms with E-state index in [1.54, 1.807) is 10.4 Å². The number of nitrogens with two attached hydrogens (primary N) is 1. The molecule has 0 amide bonds. The average molecular weight is 266 g/mol. The van der Waals surface area contributed by atoms with Gasteiger partial charge in [0.2, 0.25) is 0 Å². The summed E-state index contributed by atoms with van der Waals surface area (Å²) in [5.41, 5.74) is 4.60. The maximum atomic E-state index is 5.79. The van der Waals surface area contributed by atoms with Gasteiger partial charge in [-0.25, -0.2) is 0 Å². The first-order valence-electron chi connectivity index (χ1n) is 7.04. The lowest BCUT2D eigenvalue weighted by molar-refractivity contribution is 0.0395. The molecule has 4 heteroatoms. The van der Waals surface area contributed by atoms with Gasteiger partial charge in [-0.15, -0.1) is 11.3 Å². The molecule has 2 aliphatic rings. The van der Waals surface area contributed by atoms with Crippen molar-refractivity contribution in [1.29, 1.82) is 0 Å². The van der Waals surface area contributed by atoms with Crippen molar-refractivity contribution in [3.05, 3.63) is 21.4 Å². The minimum atomic E-state index is 0.279. The molecule has 100 valence electrons. The molecule has 1 aromatic rings. The minimum Gasteiger partial charge on any atom is -0.381 e. The third-order valence-corrected chi connectivity index (χ3v) is 5.49. The van der Waals surface area contributed by atoms with Crippen molar-refractivity contribution in [1.82, 2.24) is 5.43 Å². The van der Waals surface area contributed by atoms with Gasteiger partial charge < -0.3 is 4.74 Å². The zero-order chi connectivity index (χ0) is 12.4. The van der Waals surface area contributed by atoms with Crippen LogP contribution < -0.4 is 11.3 Å². The molecule has 3 N–H and O–H groups in total. The highest BCUT2D eigenvalue weighted by Gasteiger charge is 2.27. The first-order valence-corrected chi connectivity index (χ1v) is 7.85. The SMILES string of the molecule is NNC(c1cc2c(s1)CCCC2)C1CCCOC1. The molecule has 1 aromatic heterocycles. The van der Waals surface area contributed by atoms with Crippen molar-refractivity contribution >= 4 is 11.3 Å². The highest BCUT2D eigenvalue weighted by Crippen LogP contribution is 2.37. The molecule has 0 radical (unpaired) electrons. The fourth-order valence-electron chi connectivity index (χ4n) is 3.15. The van der Waals surface area contributed by atoms with Crippen molar-refractivity contribution in [3.8, 4) is 0 Å². The van der Waals surface area contributed by atoms with E-state index in [0.29, 0.717) is 5.92 Å². The van der Waals surface area contributed by atoms with Crippen molar-refractivity contribution in [2.24, 2.45) is 11.8 Å². The molecule has 2 unspecified atom stereocenters. The maximum absolute atomic E-state index is 5.79. The highest BCUT2D eigenvalue weighted by atomic mass is 32.1. The van der Waals surface area contributed by atoms with Gasteiger partial charge >= 0.3 is 0 Å². The minimum absolute atomic E-state index is 0.279. The summed E-state index contributed by atoms with van der Waals surface area (Å²) in [4.78, 5) is 3.01. The van der Waals surface area contributed by atoms with Crippen LogP contribution in [-0.4, -0.2) is 13.2 Å². The summed E-state index contributed by atoms with van der Waals surface area (Å²) in [5.74, 6) is 6.33. The Morgan fingerprint density at radius 1 is 1.33 bits per heavy atom. The fraction of sp³-hybridized carbons (Fsp3) is 0.714. The zero-order valence-electron chi connectivity index (χ0n) is 10.8. The van der Waals surface area contributed by atoms with Gasteiger partial charge in [0.15, 0.2) is 0 Å². The first-order chi connectivity index (χ1) is 8.88. The smallest absolute Gasteiger partial charge is 0.0603 e. The van der Waals surface area contributed by atoms with Crippen molar-refractivity contribution in [2.45, 2.75) is 44.6 Å². The second-order valence-electron chi connectivity index (χ2n) is 5.43. The van der Waals surface area contributed by atoms with Crippen LogP contribution in [-0.2, 0) is 17.6 Å². The summed E-state index contributed by atoms with van der Waals surface area (Å²) in [6.45, 7) is 1.76. The normalized spacial score (nSPS) is 25.7. The van der Waals surface area contributed by atoms with E-state index in [0.717, 1.165) is 19.6 Å². The van der Waals surface area contributed by atoms with E-state index in [2.05, 4.69) is 11.5 Å². The Bertz CT molecular complexity index is 375. The number of ether oxygens (including phenoxy) is 1. The van der Waals surface area contributed by atoms with Crippen molar-refractivity contribution < 1.29 is 4.74 Å². The molecule has 18 heavy (non-hydrogen) atoms. The highest BCUT2D eigenvalue weighted by molar-refractivity contribution is 7.12. The molecular weight excluding hydrogens is 244 g/mol. The number of hydrogen-bond donors (Lipinski definition) is 2. The van der Waals surface area contributed by atoms with Gasteiger partial charge in [0.25, 0.3) is 0 Å². The molecule has 0 aromatic carbocycles. The Labute approximate surface area is 113 Å². The number of aryl methyl sites for hydroxylation is 2. The van der Waals surface area contributed by atoms with Crippen molar-refractivity contribution in [2.75, 3.05) is 13.2 Å². The Balaban J connectivity index is 1.79. The molecule has 1 aliphatic carbocycles. The Morgan fingerprint density at radius 3 is 2.94 bits per heavy atom. The molecule has 1 saturated heterocycles. The van der Waals surface area contributed by atoms with Gasteiger partial charge in [-0.05, 0) is 50.2 Å². The van der Waals surface area contributed by atoms with E-state index in [9.17, 15) is 0 Å². The van der Waals surface area contributed by atoms with E-state index in [-0.39, 0.29) is 6.04 Å². The summed E-state index contributed by atoms with van der Waals surface area (Å²) in [5, 5.41) is 0. The van der Waals surface area contributed by atoms with Crippen LogP contribution in [0.25, 0.3) is 0 Å². The number of rotatable bonds is 3. The lowest BCUT2D eigenvalue weighted by atomic mass is 9.92. The maximum Gasteiger partial charge on any atom is 0.0603 e. The summed E-state index contributed by atoms with van der Waals surface area (Å²) in [6, 6.07) is 2.67. The largest absolute Gasteiger partial charge is 0.381 e. The average Bonchev–Trinajstić information content (AvgIpc) is 2.84. The lowest BCUT2D eigenvalue weighted by Crippen LogP contribution is -2.36. The summed E-state index contributed by atoms with van der Waals surface area (Å²) >= 11 is 1.96. The molecule has 2 heterocycles. The third-order valence-electron chi connectivity index (χ3n) is 4.17. The Morgan fingerprint density at radius 2 is 2.22 bits per heavy atom. The standard InChI is InChI=1S/C14H22N2OS/c15-16-14(11-5-3-7-17-9-11)13-8-10-4-1-2-6-12(10)18-13/h8,11,14,16H,1-7,9,15H2. The Hall–Kier alpha value is -0.420. The van der Waals surface area contributed by atoms with Gasteiger partial charge in [0.05, 0.1) is 12.6 Å². The van der Waals surface area contributed by atoms with Crippen LogP contribution in [0.1, 0.15) is 47.0 Å². The lowest BCUT2D eigenvalue weighted by Gasteiger charge is -2.29. The van der Waals surface area contributed by atoms with Crippen LogP contribution in [0.3, 0.4) is 0 Å². The molecule has 1 aliphatic heterocycles. The summed E-state index contributed by atoms with van der Waals surface area (Å²) < 4.78 is 5.60. The van der Waals surface area contributed by atoms with Crippen molar-refractivity contribution in [3.63, 3.8) is 0 Å². The number of nitrogens with one attached hydrogen (secondary N) is 1. The summed E-state index contributed by atoms with van der Waals surface area (Å²) in [7, 11) is 0. The fourth-order valence-corrected chi connectivity index (χ4v) is 4.56. The molecule has 0 bridgehead atoms. The number of fused-ring (bicyclic) bond motifs is 1. The molecule has 3 nitrogen and oxygen atoms in total. The first kappa shape index (κ1) is 12.6. The second kappa shape index (κ2) is 5.70. The van der Waals surface area contributed by atoms with E-state index < -0.39 is 0 Å². The van der Waals surface area contributed by atoms with Gasteiger partial charge in [-0.1, -0.05) is 0 Å². The second-order valence-corrected chi connectivity index (χ2v) is 6.59. The quantitative estimate of drug-likeness (QED) is 0.653. The summed E-state index contributed by atoms with van der Waals surface area (Å²) in [6.07, 6.45) is 7.59. The van der Waals surface area contributed by atoms with E-state index in [1.807, 2.05) is 11.3 Å². The van der Waals surface area contributed by atoms with Crippen LogP contribution in [0.4, 0.5) is 0 Å². The molecule has 3 rings (SSSR count). The number of hydrazine groups is 1. The van der Waals surface area contributed by atoms with E-state index in [4.69, 9.17) is 10.6 Å². The number of hydrogen-bond acceptors (Lipinski definition) is 4. The molecule has 1 fully saturated rings. The third kappa shape index (κ3) is 2.48. The Kier molecular flexibility index (Phi) is 3.99. The van der Waals surface area contributed by atoms with Gasteiger partial charge in [-0.2, -0.15) is 0 Å². The van der Waals surface area contributed by atoms with Crippen LogP contribution in [0.15, 0.2) is 6.07 Å². The van der Waals surface area contributed by atoms with Gasteiger partial charge in [0, 0.05) is 22.3 Å². The molecule has 2 atom stereocenters. The zero-order valence-corrected chi connectivity index (χ0v) is 11.6. The molecule has 0 saturated carbocycles. The van der Waals surface area contributed by atoms with E-state index in [1.165, 1.54) is 37.0 Å². The number of thiophene rings is 1. The topological polar surface area (TPSA) is 47.3 Å². The predicted molar refractivity (Wildman–Crippen MR) is 74.6 cm³/mol. The van der Waals surface area contributed by atoms with Gasteiger partial charge in [0.1, 0.15) is 0 Å². The van der Waals surface area contributed by atoms with E-state index >= 15 is 0 Å². The predicted octanol–water partition coefficient (Wildman–Crippen LogP) is 2.56. The van der Waals surface area contributed by atoms with Crippen LogP contribution in [0.2, 0.25) is 0 Å². The van der Waals surface area contributed by atoms with Crippen LogP contribution >= 0.6 is 11.3 Å². The van der Waals surface area contributed by atoms with Crippen LogP contribution in [0.5, 0.6) is 0 Å². The van der Waals surface area contributed by atoms with Crippen LogP contribution in [0, 0.1) is 5.92 Å². The molecule has 0 spiro atoms. The monoisotopic (exact) mass is 266 g/mol. The molecular formula is C14H22N2OS.